The topological polar surface area (TPSA) is 46.3 Å². The number of carbonyl (C=O) groups excluding carboxylic acids is 1. The molecule has 158 valence electrons. The number of Topliss-reactive ketones (excluding diaryl/α,β-unsaturated/α-hetero) is 1. The van der Waals surface area contributed by atoms with Gasteiger partial charge in [0.05, 0.1) is 0 Å². The van der Waals surface area contributed by atoms with Crippen molar-refractivity contribution in [3.05, 3.63) is 52.4 Å². The molecule has 3 unspecified atom stereocenters. The number of carbonyl (C=O) groups is 1. The number of hydrogen-bond donors (Lipinski definition) is 1. The third-order valence-corrected chi connectivity index (χ3v) is 7.25. The van der Waals surface area contributed by atoms with Gasteiger partial charge in [0.2, 0.25) is 0 Å². The molecule has 1 aliphatic heterocycles. The largest absolute Gasteiger partial charge is 0.399 e. The molecule has 3 heteroatoms. The Labute approximate surface area is 177 Å². The first-order chi connectivity index (χ1) is 13.8. The molecule has 0 bridgehead atoms. The van der Waals surface area contributed by atoms with Gasteiger partial charge in [0, 0.05) is 35.1 Å². The van der Waals surface area contributed by atoms with Crippen LogP contribution in [0.3, 0.4) is 0 Å². The molecule has 3 rings (SSSR count). The molecule has 0 aromatic heterocycles. The maximum absolute atomic E-state index is 13.3. The van der Waals surface area contributed by atoms with E-state index in [4.69, 9.17) is 5.73 Å². The predicted molar refractivity (Wildman–Crippen MR) is 122 cm³/mol. The van der Waals surface area contributed by atoms with Gasteiger partial charge in [-0.1, -0.05) is 39.8 Å². The van der Waals surface area contributed by atoms with Crippen LogP contribution in [0.1, 0.15) is 72.3 Å². The molecule has 1 heterocycles. The molecule has 2 N–H and O–H groups in total. The first-order valence-corrected chi connectivity index (χ1v) is 11.4. The molecule has 0 saturated carbocycles. The van der Waals surface area contributed by atoms with Gasteiger partial charge in [-0.2, -0.15) is 0 Å². The lowest BCUT2D eigenvalue weighted by molar-refractivity contribution is -0.119. The minimum Gasteiger partial charge on any atom is -0.399 e. The standard InChI is InChI=1S/C26H38N2O/c1-6-17(3)26(29)24-15-22(18(4)13-20-9-8-10-23(27)14-20)16-25(24)28-12-11-21(7-2)19(28)5/h8-10,14,17-18,22H,6-7,11-13,15-16,27H2,1-5H3. The summed E-state index contributed by atoms with van der Waals surface area (Å²) >= 11 is 0. The third kappa shape index (κ3) is 4.60. The molecule has 0 amide bonds. The number of nitrogens with zero attached hydrogens (tertiary/aromatic N) is 1. The third-order valence-electron chi connectivity index (χ3n) is 7.25. The van der Waals surface area contributed by atoms with Gasteiger partial charge in [0.1, 0.15) is 0 Å². The van der Waals surface area contributed by atoms with E-state index in [0.717, 1.165) is 56.3 Å². The second-order valence-electron chi connectivity index (χ2n) is 9.14. The minimum absolute atomic E-state index is 0.112. The van der Waals surface area contributed by atoms with Crippen LogP contribution in [-0.4, -0.2) is 17.2 Å². The van der Waals surface area contributed by atoms with Crippen molar-refractivity contribution in [3.8, 4) is 0 Å². The van der Waals surface area contributed by atoms with Crippen molar-refractivity contribution in [1.29, 1.82) is 0 Å². The highest BCUT2D eigenvalue weighted by Gasteiger charge is 2.36. The van der Waals surface area contributed by atoms with E-state index in [2.05, 4.69) is 51.7 Å². The highest BCUT2D eigenvalue weighted by atomic mass is 16.1. The first kappa shape index (κ1) is 21.7. The SMILES string of the molecule is CCC1=C(C)N(C2=C(C(=O)C(C)CC)CC(C(C)Cc3cccc(N)c3)C2)CC1. The Bertz CT molecular complexity index is 820. The summed E-state index contributed by atoms with van der Waals surface area (Å²) in [6.07, 6.45) is 6.12. The fraction of sp³-hybridized carbons (Fsp3) is 0.577. The summed E-state index contributed by atoms with van der Waals surface area (Å²) in [6, 6.07) is 8.24. The zero-order valence-electron chi connectivity index (χ0n) is 18.9. The van der Waals surface area contributed by atoms with Gasteiger partial charge in [-0.25, -0.2) is 0 Å². The van der Waals surface area contributed by atoms with Gasteiger partial charge in [0.25, 0.3) is 0 Å². The van der Waals surface area contributed by atoms with E-state index in [-0.39, 0.29) is 5.92 Å². The lowest BCUT2D eigenvalue weighted by atomic mass is 9.85. The number of rotatable bonds is 8. The Balaban J connectivity index is 1.83. The Hall–Kier alpha value is -2.03. The average Bonchev–Trinajstić information content (AvgIpc) is 3.30. The fourth-order valence-electron chi connectivity index (χ4n) is 5.04. The summed E-state index contributed by atoms with van der Waals surface area (Å²) < 4.78 is 0. The van der Waals surface area contributed by atoms with Crippen LogP contribution in [0.15, 0.2) is 46.8 Å². The quantitative estimate of drug-likeness (QED) is 0.541. The van der Waals surface area contributed by atoms with Crippen LogP contribution < -0.4 is 5.73 Å². The number of ketones is 1. The Morgan fingerprint density at radius 2 is 2.00 bits per heavy atom. The van der Waals surface area contributed by atoms with E-state index in [1.165, 1.54) is 17.0 Å². The van der Waals surface area contributed by atoms with Crippen molar-refractivity contribution in [2.24, 2.45) is 17.8 Å². The number of nitrogen functional groups attached to an aromatic ring is 1. The molecule has 1 aliphatic carbocycles. The summed E-state index contributed by atoms with van der Waals surface area (Å²) in [5, 5.41) is 0. The molecular formula is C26H38N2O. The number of anilines is 1. The molecule has 0 spiro atoms. The van der Waals surface area contributed by atoms with Crippen LogP contribution in [0.2, 0.25) is 0 Å². The van der Waals surface area contributed by atoms with Crippen molar-refractivity contribution < 1.29 is 4.79 Å². The Morgan fingerprint density at radius 3 is 2.62 bits per heavy atom. The molecule has 3 atom stereocenters. The second kappa shape index (κ2) is 9.19. The average molecular weight is 395 g/mol. The first-order valence-electron chi connectivity index (χ1n) is 11.4. The molecule has 3 nitrogen and oxygen atoms in total. The second-order valence-corrected chi connectivity index (χ2v) is 9.14. The lowest BCUT2D eigenvalue weighted by Gasteiger charge is -2.25. The van der Waals surface area contributed by atoms with E-state index in [1.807, 2.05) is 12.1 Å². The normalized spacial score (nSPS) is 21.8. The number of nitrogens with two attached hydrogens (primary N) is 1. The predicted octanol–water partition coefficient (Wildman–Crippen LogP) is 6.12. The van der Waals surface area contributed by atoms with Crippen molar-refractivity contribution in [2.45, 2.75) is 73.1 Å². The monoisotopic (exact) mass is 394 g/mol. The van der Waals surface area contributed by atoms with Crippen molar-refractivity contribution in [2.75, 3.05) is 12.3 Å². The van der Waals surface area contributed by atoms with Crippen molar-refractivity contribution in [3.63, 3.8) is 0 Å². The maximum atomic E-state index is 13.3. The lowest BCUT2D eigenvalue weighted by Crippen LogP contribution is -2.21. The molecule has 1 aromatic rings. The number of benzene rings is 1. The van der Waals surface area contributed by atoms with Gasteiger partial charge in [-0.15, -0.1) is 0 Å². The van der Waals surface area contributed by atoms with Gasteiger partial charge < -0.3 is 10.6 Å². The number of allylic oxidation sites excluding steroid dienone is 3. The Kier molecular flexibility index (Phi) is 6.87. The van der Waals surface area contributed by atoms with Gasteiger partial charge in [-0.3, -0.25) is 4.79 Å². The highest BCUT2D eigenvalue weighted by Crippen LogP contribution is 2.43. The molecular weight excluding hydrogens is 356 g/mol. The fourth-order valence-corrected chi connectivity index (χ4v) is 5.04. The van der Waals surface area contributed by atoms with Crippen LogP contribution in [0.4, 0.5) is 5.69 Å². The van der Waals surface area contributed by atoms with E-state index >= 15 is 0 Å². The summed E-state index contributed by atoms with van der Waals surface area (Å²) in [7, 11) is 0. The summed E-state index contributed by atoms with van der Waals surface area (Å²) in [4.78, 5) is 15.7. The molecule has 29 heavy (non-hydrogen) atoms. The molecule has 2 aliphatic rings. The summed E-state index contributed by atoms with van der Waals surface area (Å²) in [5.41, 5.74) is 13.5. The van der Waals surface area contributed by atoms with Crippen LogP contribution in [-0.2, 0) is 11.2 Å². The molecule has 1 aromatic carbocycles. The maximum Gasteiger partial charge on any atom is 0.163 e. The van der Waals surface area contributed by atoms with Gasteiger partial charge in [0.15, 0.2) is 5.78 Å². The van der Waals surface area contributed by atoms with E-state index < -0.39 is 0 Å². The van der Waals surface area contributed by atoms with E-state index in [1.54, 1.807) is 5.57 Å². The summed E-state index contributed by atoms with van der Waals surface area (Å²) in [5.74, 6) is 1.53. The molecule has 0 radical (unpaired) electrons. The van der Waals surface area contributed by atoms with Gasteiger partial charge in [-0.05, 0) is 80.6 Å². The van der Waals surface area contributed by atoms with Gasteiger partial charge >= 0.3 is 0 Å². The van der Waals surface area contributed by atoms with Crippen LogP contribution in [0.5, 0.6) is 0 Å². The molecule has 0 fully saturated rings. The minimum atomic E-state index is 0.112. The van der Waals surface area contributed by atoms with Crippen LogP contribution >= 0.6 is 0 Å². The van der Waals surface area contributed by atoms with Crippen LogP contribution in [0, 0.1) is 17.8 Å². The van der Waals surface area contributed by atoms with E-state index in [9.17, 15) is 4.79 Å². The van der Waals surface area contributed by atoms with Crippen LogP contribution in [0.25, 0.3) is 0 Å². The molecule has 0 saturated heterocycles. The summed E-state index contributed by atoms with van der Waals surface area (Å²) in [6.45, 7) is 12.1. The number of hydrogen-bond acceptors (Lipinski definition) is 3. The Morgan fingerprint density at radius 1 is 1.24 bits per heavy atom. The van der Waals surface area contributed by atoms with Crippen molar-refractivity contribution in [1.82, 2.24) is 4.90 Å². The smallest absolute Gasteiger partial charge is 0.163 e. The zero-order valence-corrected chi connectivity index (χ0v) is 18.9. The highest BCUT2D eigenvalue weighted by molar-refractivity contribution is 5.98. The van der Waals surface area contributed by atoms with E-state index in [0.29, 0.717) is 17.6 Å². The zero-order chi connectivity index (χ0) is 21.1. The van der Waals surface area contributed by atoms with Crippen molar-refractivity contribution >= 4 is 11.5 Å².